The van der Waals surface area contributed by atoms with Crippen molar-refractivity contribution in [3.63, 3.8) is 0 Å². The van der Waals surface area contributed by atoms with Gasteiger partial charge in [0.05, 0.1) is 10.6 Å². The Kier molecular flexibility index (Phi) is 5.64. The Morgan fingerprint density at radius 3 is 2.83 bits per heavy atom. The molecular weight excluding hydrogens is 252 g/mol. The molecule has 0 saturated heterocycles. The Labute approximate surface area is 110 Å². The molecule has 0 aliphatic carbocycles. The summed E-state index contributed by atoms with van der Waals surface area (Å²) in [6.45, 7) is 1.81. The normalized spacial score (nSPS) is 10.1. The molecule has 0 aliphatic heterocycles. The molecule has 0 radical (unpaired) electrons. The van der Waals surface area contributed by atoms with Crippen LogP contribution >= 0.6 is 11.8 Å². The Balaban J connectivity index is 2.68. The second-order valence-corrected chi connectivity index (χ2v) is 4.89. The molecule has 0 unspecified atom stereocenters. The summed E-state index contributed by atoms with van der Waals surface area (Å²) in [6.07, 6.45) is 3.23. The summed E-state index contributed by atoms with van der Waals surface area (Å²) in [5, 5.41) is 13.4. The average Bonchev–Trinajstić information content (AvgIpc) is 2.32. The standard InChI is InChI=1S/C12H16N2O3S/c1-9-5-6-10(14(16)17)8-11(9)13-12(15)4-3-7-18-2/h5-6,8H,3-4,7H2,1-2H3,(H,13,15). The lowest BCUT2D eigenvalue weighted by molar-refractivity contribution is -0.384. The van der Waals surface area contributed by atoms with Gasteiger partial charge in [0.25, 0.3) is 5.69 Å². The zero-order valence-electron chi connectivity index (χ0n) is 10.4. The first-order valence-electron chi connectivity index (χ1n) is 5.58. The number of carbonyl (C=O) groups is 1. The fraction of sp³-hybridized carbons (Fsp3) is 0.417. The van der Waals surface area contributed by atoms with Crippen LogP contribution in [0.3, 0.4) is 0 Å². The van der Waals surface area contributed by atoms with Gasteiger partial charge < -0.3 is 5.32 Å². The molecule has 1 amide bonds. The maximum Gasteiger partial charge on any atom is 0.271 e. The predicted molar refractivity (Wildman–Crippen MR) is 74.1 cm³/mol. The SMILES string of the molecule is CSCCCC(=O)Nc1cc([N+](=O)[O-])ccc1C. The van der Waals surface area contributed by atoms with Crippen LogP contribution in [0.1, 0.15) is 18.4 Å². The van der Waals surface area contributed by atoms with Gasteiger partial charge in [0.1, 0.15) is 0 Å². The minimum atomic E-state index is -0.469. The van der Waals surface area contributed by atoms with Crippen LogP contribution in [0.25, 0.3) is 0 Å². The number of rotatable bonds is 6. The van der Waals surface area contributed by atoms with Gasteiger partial charge in [-0.05, 0) is 30.9 Å². The molecule has 0 saturated carbocycles. The highest BCUT2D eigenvalue weighted by Gasteiger charge is 2.10. The first-order valence-corrected chi connectivity index (χ1v) is 6.98. The Hall–Kier alpha value is -1.56. The molecule has 0 fully saturated rings. The fourth-order valence-electron chi connectivity index (χ4n) is 1.45. The molecule has 1 aromatic carbocycles. The molecule has 98 valence electrons. The third kappa shape index (κ3) is 4.37. The van der Waals surface area contributed by atoms with Gasteiger partial charge >= 0.3 is 0 Å². The van der Waals surface area contributed by atoms with Gasteiger partial charge in [-0.3, -0.25) is 14.9 Å². The summed E-state index contributed by atoms with van der Waals surface area (Å²) >= 11 is 1.69. The summed E-state index contributed by atoms with van der Waals surface area (Å²) < 4.78 is 0. The number of hydrogen-bond donors (Lipinski definition) is 1. The molecule has 18 heavy (non-hydrogen) atoms. The van der Waals surface area contributed by atoms with Crippen molar-refractivity contribution in [2.75, 3.05) is 17.3 Å². The smallest absolute Gasteiger partial charge is 0.271 e. The number of carbonyl (C=O) groups excluding carboxylic acids is 1. The molecule has 1 aromatic rings. The maximum atomic E-state index is 11.6. The lowest BCUT2D eigenvalue weighted by Crippen LogP contribution is -2.12. The Morgan fingerprint density at radius 1 is 1.50 bits per heavy atom. The van der Waals surface area contributed by atoms with Gasteiger partial charge in [-0.2, -0.15) is 11.8 Å². The van der Waals surface area contributed by atoms with Gasteiger partial charge in [0, 0.05) is 18.6 Å². The molecule has 0 aliphatic rings. The largest absolute Gasteiger partial charge is 0.326 e. The molecular formula is C12H16N2O3S. The highest BCUT2D eigenvalue weighted by atomic mass is 32.2. The Bertz CT molecular complexity index is 449. The number of thioether (sulfide) groups is 1. The van der Waals surface area contributed by atoms with E-state index >= 15 is 0 Å². The van der Waals surface area contributed by atoms with Gasteiger partial charge in [-0.25, -0.2) is 0 Å². The van der Waals surface area contributed by atoms with E-state index in [0.29, 0.717) is 12.1 Å². The molecule has 6 heteroatoms. The van der Waals surface area contributed by atoms with Crippen molar-refractivity contribution in [2.45, 2.75) is 19.8 Å². The van der Waals surface area contributed by atoms with Crippen LogP contribution in [0.2, 0.25) is 0 Å². The minimum Gasteiger partial charge on any atom is -0.326 e. The summed E-state index contributed by atoms with van der Waals surface area (Å²) in [7, 11) is 0. The van der Waals surface area contributed by atoms with Crippen LogP contribution in [0, 0.1) is 17.0 Å². The predicted octanol–water partition coefficient (Wildman–Crippen LogP) is 2.98. The van der Waals surface area contributed by atoms with E-state index in [1.807, 2.05) is 6.26 Å². The number of nitrogens with one attached hydrogen (secondary N) is 1. The van der Waals surface area contributed by atoms with E-state index in [1.165, 1.54) is 12.1 Å². The summed E-state index contributed by atoms with van der Waals surface area (Å²) in [6, 6.07) is 4.45. The third-order valence-electron chi connectivity index (χ3n) is 2.46. The quantitative estimate of drug-likeness (QED) is 0.489. The van der Waals surface area contributed by atoms with Gasteiger partial charge in [-0.1, -0.05) is 6.07 Å². The van der Waals surface area contributed by atoms with Crippen molar-refractivity contribution in [3.05, 3.63) is 33.9 Å². The van der Waals surface area contributed by atoms with Crippen LogP contribution in [-0.4, -0.2) is 22.8 Å². The van der Waals surface area contributed by atoms with Crippen molar-refractivity contribution < 1.29 is 9.72 Å². The number of hydrogen-bond acceptors (Lipinski definition) is 4. The van der Waals surface area contributed by atoms with Gasteiger partial charge in [0.15, 0.2) is 0 Å². The highest BCUT2D eigenvalue weighted by Crippen LogP contribution is 2.22. The molecule has 1 N–H and O–H groups in total. The molecule has 0 bridgehead atoms. The number of non-ortho nitro benzene ring substituents is 1. The second kappa shape index (κ2) is 7.00. The summed E-state index contributed by atoms with van der Waals surface area (Å²) in [5.41, 5.74) is 1.32. The molecule has 1 rings (SSSR count). The molecule has 5 nitrogen and oxygen atoms in total. The van der Waals surface area contributed by atoms with Gasteiger partial charge in [0.2, 0.25) is 5.91 Å². The summed E-state index contributed by atoms with van der Waals surface area (Å²) in [4.78, 5) is 21.8. The Morgan fingerprint density at radius 2 is 2.22 bits per heavy atom. The summed E-state index contributed by atoms with van der Waals surface area (Å²) in [5.74, 6) is 0.828. The van der Waals surface area contributed by atoms with E-state index < -0.39 is 4.92 Å². The maximum absolute atomic E-state index is 11.6. The number of amides is 1. The lowest BCUT2D eigenvalue weighted by Gasteiger charge is -2.07. The van der Waals surface area contributed by atoms with E-state index in [4.69, 9.17) is 0 Å². The number of anilines is 1. The number of aryl methyl sites for hydroxylation is 1. The van der Waals surface area contributed by atoms with Crippen LogP contribution in [0.4, 0.5) is 11.4 Å². The average molecular weight is 268 g/mol. The zero-order chi connectivity index (χ0) is 13.5. The molecule has 0 atom stereocenters. The monoisotopic (exact) mass is 268 g/mol. The van der Waals surface area contributed by atoms with E-state index in [2.05, 4.69) is 5.32 Å². The number of nitro groups is 1. The second-order valence-electron chi connectivity index (χ2n) is 3.90. The fourth-order valence-corrected chi connectivity index (χ4v) is 1.88. The van der Waals surface area contributed by atoms with Crippen LogP contribution in [0.5, 0.6) is 0 Å². The topological polar surface area (TPSA) is 72.2 Å². The first kappa shape index (κ1) is 14.5. The highest BCUT2D eigenvalue weighted by molar-refractivity contribution is 7.98. The molecule has 0 aromatic heterocycles. The zero-order valence-corrected chi connectivity index (χ0v) is 11.3. The third-order valence-corrected chi connectivity index (χ3v) is 3.16. The lowest BCUT2D eigenvalue weighted by atomic mass is 10.1. The van der Waals surface area contributed by atoms with Crippen LogP contribution in [0.15, 0.2) is 18.2 Å². The van der Waals surface area contributed by atoms with E-state index in [1.54, 1.807) is 24.8 Å². The van der Waals surface area contributed by atoms with Crippen molar-refractivity contribution in [1.82, 2.24) is 0 Å². The van der Waals surface area contributed by atoms with Crippen molar-refractivity contribution in [1.29, 1.82) is 0 Å². The molecule has 0 heterocycles. The molecule has 0 spiro atoms. The van der Waals surface area contributed by atoms with Crippen LogP contribution < -0.4 is 5.32 Å². The minimum absolute atomic E-state index is 0.0139. The number of benzene rings is 1. The van der Waals surface area contributed by atoms with E-state index in [9.17, 15) is 14.9 Å². The van der Waals surface area contributed by atoms with Gasteiger partial charge in [-0.15, -0.1) is 0 Å². The van der Waals surface area contributed by atoms with Crippen molar-refractivity contribution >= 4 is 29.0 Å². The van der Waals surface area contributed by atoms with Crippen molar-refractivity contribution in [2.24, 2.45) is 0 Å². The number of nitro benzene ring substituents is 1. The van der Waals surface area contributed by atoms with E-state index in [0.717, 1.165) is 17.7 Å². The first-order chi connectivity index (χ1) is 8.54. The van der Waals surface area contributed by atoms with Crippen molar-refractivity contribution in [3.8, 4) is 0 Å². The van der Waals surface area contributed by atoms with E-state index in [-0.39, 0.29) is 11.6 Å². The number of nitrogens with zero attached hydrogens (tertiary/aromatic N) is 1. The van der Waals surface area contributed by atoms with Crippen LogP contribution in [-0.2, 0) is 4.79 Å².